The first-order chi connectivity index (χ1) is 7.63. The second kappa shape index (κ2) is 7.22. The fraction of sp³-hybridized carbons (Fsp3) is 1.00. The summed E-state index contributed by atoms with van der Waals surface area (Å²) in [4.78, 5) is 2.31. The summed E-state index contributed by atoms with van der Waals surface area (Å²) >= 11 is 0. The van der Waals surface area contributed by atoms with E-state index in [4.69, 9.17) is 4.74 Å². The number of nitrogens with zero attached hydrogens (tertiary/aromatic N) is 1. The molecule has 1 heterocycles. The van der Waals surface area contributed by atoms with Gasteiger partial charge in [0.15, 0.2) is 0 Å². The highest BCUT2D eigenvalue weighted by Gasteiger charge is 2.24. The van der Waals surface area contributed by atoms with Crippen molar-refractivity contribution in [1.29, 1.82) is 0 Å². The molecule has 4 heteroatoms. The van der Waals surface area contributed by atoms with Gasteiger partial charge in [-0.15, -0.1) is 0 Å². The lowest BCUT2D eigenvalue weighted by Gasteiger charge is -2.37. The molecule has 0 aliphatic carbocycles. The Balaban J connectivity index is 2.23. The Morgan fingerprint density at radius 1 is 1.50 bits per heavy atom. The van der Waals surface area contributed by atoms with Crippen molar-refractivity contribution in [3.63, 3.8) is 0 Å². The van der Waals surface area contributed by atoms with E-state index < -0.39 is 0 Å². The first-order valence-electron chi connectivity index (χ1n) is 6.38. The standard InChI is InChI=1S/C12H26N2O2/c1-4-5-13-6-12(15)8-14-7-11(3)16-9-10(14)2/h10-13,15H,4-9H2,1-3H3. The molecule has 3 atom stereocenters. The number of rotatable bonds is 6. The van der Waals surface area contributed by atoms with Crippen LogP contribution >= 0.6 is 0 Å². The molecule has 4 nitrogen and oxygen atoms in total. The van der Waals surface area contributed by atoms with Crippen molar-refractivity contribution in [2.45, 2.75) is 45.4 Å². The first-order valence-corrected chi connectivity index (χ1v) is 6.38. The number of β-amino-alcohol motifs (C(OH)–C–C–N with tert-alkyl or cyclic N) is 1. The molecular weight excluding hydrogens is 204 g/mol. The quantitative estimate of drug-likeness (QED) is 0.651. The third kappa shape index (κ3) is 4.78. The molecule has 0 spiro atoms. The molecule has 1 aliphatic heterocycles. The molecule has 0 radical (unpaired) electrons. The van der Waals surface area contributed by atoms with Gasteiger partial charge in [-0.2, -0.15) is 0 Å². The monoisotopic (exact) mass is 230 g/mol. The molecule has 2 N–H and O–H groups in total. The van der Waals surface area contributed by atoms with Crippen LogP contribution in [-0.4, -0.2) is 61.0 Å². The van der Waals surface area contributed by atoms with E-state index in [9.17, 15) is 5.11 Å². The van der Waals surface area contributed by atoms with Gasteiger partial charge in [0.2, 0.25) is 0 Å². The van der Waals surface area contributed by atoms with E-state index in [1.807, 2.05) is 0 Å². The van der Waals surface area contributed by atoms with Crippen molar-refractivity contribution in [3.8, 4) is 0 Å². The number of hydrogen-bond donors (Lipinski definition) is 2. The SMILES string of the molecule is CCCNCC(O)CN1CC(C)OCC1C. The Morgan fingerprint density at radius 2 is 2.25 bits per heavy atom. The summed E-state index contributed by atoms with van der Waals surface area (Å²) in [5, 5.41) is 13.1. The van der Waals surface area contributed by atoms with Gasteiger partial charge in [0.25, 0.3) is 0 Å². The lowest BCUT2D eigenvalue weighted by atomic mass is 10.2. The number of aliphatic hydroxyl groups excluding tert-OH is 1. The second-order valence-corrected chi connectivity index (χ2v) is 4.80. The van der Waals surface area contributed by atoms with Crippen LogP contribution in [0.15, 0.2) is 0 Å². The van der Waals surface area contributed by atoms with E-state index in [1.165, 1.54) is 0 Å². The third-order valence-corrected chi connectivity index (χ3v) is 2.99. The molecule has 0 aromatic carbocycles. The molecule has 96 valence electrons. The number of nitrogens with one attached hydrogen (secondary N) is 1. The maximum Gasteiger partial charge on any atom is 0.0791 e. The van der Waals surface area contributed by atoms with Crippen molar-refractivity contribution in [2.24, 2.45) is 0 Å². The maximum atomic E-state index is 9.89. The predicted molar refractivity (Wildman–Crippen MR) is 65.6 cm³/mol. The maximum absolute atomic E-state index is 9.89. The van der Waals surface area contributed by atoms with E-state index in [0.717, 1.165) is 32.7 Å². The van der Waals surface area contributed by atoms with E-state index >= 15 is 0 Å². The molecule has 0 saturated carbocycles. The van der Waals surface area contributed by atoms with Gasteiger partial charge >= 0.3 is 0 Å². The lowest BCUT2D eigenvalue weighted by molar-refractivity contribution is -0.0613. The fourth-order valence-corrected chi connectivity index (χ4v) is 2.01. The van der Waals surface area contributed by atoms with Crippen molar-refractivity contribution in [1.82, 2.24) is 10.2 Å². The van der Waals surface area contributed by atoms with Crippen LogP contribution in [0.4, 0.5) is 0 Å². The van der Waals surface area contributed by atoms with E-state index in [-0.39, 0.29) is 12.2 Å². The van der Waals surface area contributed by atoms with Gasteiger partial charge in [0, 0.05) is 25.7 Å². The number of hydrogen-bond acceptors (Lipinski definition) is 4. The van der Waals surface area contributed by atoms with Crippen LogP contribution in [0.5, 0.6) is 0 Å². The Labute approximate surface area is 99.0 Å². The molecule has 0 aromatic heterocycles. The highest BCUT2D eigenvalue weighted by atomic mass is 16.5. The zero-order valence-corrected chi connectivity index (χ0v) is 10.8. The van der Waals surface area contributed by atoms with Crippen molar-refractivity contribution in [3.05, 3.63) is 0 Å². The molecule has 1 aliphatic rings. The van der Waals surface area contributed by atoms with Crippen molar-refractivity contribution >= 4 is 0 Å². The average molecular weight is 230 g/mol. The van der Waals surface area contributed by atoms with Gasteiger partial charge in [-0.3, -0.25) is 4.90 Å². The summed E-state index contributed by atoms with van der Waals surface area (Å²) in [6.07, 6.45) is 1.11. The summed E-state index contributed by atoms with van der Waals surface area (Å²) in [7, 11) is 0. The Kier molecular flexibility index (Phi) is 6.28. The summed E-state index contributed by atoms with van der Waals surface area (Å²) in [6, 6.07) is 0.414. The second-order valence-electron chi connectivity index (χ2n) is 4.80. The van der Waals surface area contributed by atoms with E-state index in [1.54, 1.807) is 0 Å². The van der Waals surface area contributed by atoms with Gasteiger partial charge in [0.1, 0.15) is 0 Å². The Morgan fingerprint density at radius 3 is 2.94 bits per heavy atom. The largest absolute Gasteiger partial charge is 0.390 e. The van der Waals surface area contributed by atoms with Gasteiger partial charge in [0.05, 0.1) is 18.8 Å². The summed E-state index contributed by atoms with van der Waals surface area (Å²) in [6.45, 7) is 10.5. The topological polar surface area (TPSA) is 44.7 Å². The molecule has 1 saturated heterocycles. The first kappa shape index (κ1) is 13.9. The molecule has 0 bridgehead atoms. The molecule has 0 amide bonds. The van der Waals surface area contributed by atoms with E-state index in [2.05, 4.69) is 31.0 Å². The summed E-state index contributed by atoms with van der Waals surface area (Å²) in [5.41, 5.74) is 0. The minimum absolute atomic E-state index is 0.278. The van der Waals surface area contributed by atoms with Gasteiger partial charge in [-0.05, 0) is 26.8 Å². The average Bonchev–Trinajstić information content (AvgIpc) is 2.24. The van der Waals surface area contributed by atoms with Crippen LogP contribution in [0.2, 0.25) is 0 Å². The van der Waals surface area contributed by atoms with E-state index in [0.29, 0.717) is 12.6 Å². The van der Waals surface area contributed by atoms with Gasteiger partial charge in [-0.25, -0.2) is 0 Å². The van der Waals surface area contributed by atoms with Crippen LogP contribution in [-0.2, 0) is 4.74 Å². The molecular formula is C12H26N2O2. The zero-order chi connectivity index (χ0) is 12.0. The lowest BCUT2D eigenvalue weighted by Crippen LogP contribution is -2.51. The normalized spacial score (nSPS) is 29.2. The highest BCUT2D eigenvalue weighted by molar-refractivity contribution is 4.78. The Hall–Kier alpha value is -0.160. The molecule has 1 rings (SSSR count). The predicted octanol–water partition coefficient (Wildman–Crippen LogP) is 0.456. The van der Waals surface area contributed by atoms with Crippen molar-refractivity contribution in [2.75, 3.05) is 32.8 Å². The number of morpholine rings is 1. The molecule has 1 fully saturated rings. The number of aliphatic hydroxyl groups is 1. The van der Waals surface area contributed by atoms with Crippen LogP contribution < -0.4 is 5.32 Å². The van der Waals surface area contributed by atoms with Gasteiger partial charge in [-0.1, -0.05) is 6.92 Å². The summed E-state index contributed by atoms with van der Waals surface area (Å²) < 4.78 is 5.56. The smallest absolute Gasteiger partial charge is 0.0791 e. The van der Waals surface area contributed by atoms with Crippen LogP contribution in [0.1, 0.15) is 27.2 Å². The fourth-order valence-electron chi connectivity index (χ4n) is 2.01. The van der Waals surface area contributed by atoms with Crippen LogP contribution in [0.25, 0.3) is 0 Å². The zero-order valence-electron chi connectivity index (χ0n) is 10.8. The number of ether oxygens (including phenoxy) is 1. The van der Waals surface area contributed by atoms with Crippen molar-refractivity contribution < 1.29 is 9.84 Å². The Bertz CT molecular complexity index is 190. The minimum atomic E-state index is -0.278. The minimum Gasteiger partial charge on any atom is -0.390 e. The molecule has 3 unspecified atom stereocenters. The van der Waals surface area contributed by atoms with Crippen LogP contribution in [0, 0.1) is 0 Å². The van der Waals surface area contributed by atoms with Gasteiger partial charge < -0.3 is 15.2 Å². The van der Waals surface area contributed by atoms with Crippen LogP contribution in [0.3, 0.4) is 0 Å². The molecule has 0 aromatic rings. The third-order valence-electron chi connectivity index (χ3n) is 2.99. The molecule has 16 heavy (non-hydrogen) atoms. The highest BCUT2D eigenvalue weighted by Crippen LogP contribution is 2.11. The summed E-state index contributed by atoms with van der Waals surface area (Å²) in [5.74, 6) is 0.